The Morgan fingerprint density at radius 3 is 1.05 bits per heavy atom. The van der Waals surface area contributed by atoms with Gasteiger partial charge in [-0.25, -0.2) is 0 Å². The predicted molar refractivity (Wildman–Crippen MR) is 166 cm³/mol. The SMILES string of the molecule is CC.CC.O=CCCCCCN(CC(COC(CO)CO)COC(CO)CO)CC(COC(CO)CO)COC(CO)CO. The van der Waals surface area contributed by atoms with Crippen LogP contribution in [-0.4, -0.2) is 175 Å². The lowest BCUT2D eigenvalue weighted by Crippen LogP contribution is -2.42. The number of ether oxygens (including phenoxy) is 4. The lowest BCUT2D eigenvalue weighted by molar-refractivity contribution is -0.107. The number of carbonyl (C=O) groups excluding carboxylic acids is 1. The summed E-state index contributed by atoms with van der Waals surface area (Å²) in [7, 11) is 0. The molecule has 0 saturated carbocycles. The molecule has 0 amide bonds. The summed E-state index contributed by atoms with van der Waals surface area (Å²) >= 11 is 0. The van der Waals surface area contributed by atoms with Gasteiger partial charge in [0.1, 0.15) is 30.7 Å². The fourth-order valence-electron chi connectivity index (χ4n) is 3.78. The zero-order valence-electron chi connectivity index (χ0n) is 27.5. The fourth-order valence-corrected chi connectivity index (χ4v) is 3.78. The molecular formula is C30H65NO13. The van der Waals surface area contributed by atoms with Crippen molar-refractivity contribution in [3.05, 3.63) is 0 Å². The number of rotatable bonds is 30. The standard InChI is InChI=1S/C26H53NO13.2C2H6/c28-6-4-2-1-3-5-27(7-21(17-37-23(9-29)10-30)18-38-24(11-31)12-32)8-22(19-39-25(13-33)14-34)20-40-26(15-35)16-36;2*1-2/h6,21-26,29-36H,1-5,7-20H2;2*1-2H3. The van der Waals surface area contributed by atoms with Crippen LogP contribution in [0.5, 0.6) is 0 Å². The Labute approximate surface area is 264 Å². The molecule has 0 saturated heterocycles. The Bertz CT molecular complexity index is 479. The van der Waals surface area contributed by atoms with Crippen molar-refractivity contribution in [2.75, 3.05) is 98.9 Å². The number of hydrogen-bond donors (Lipinski definition) is 8. The molecule has 0 aliphatic heterocycles. The molecule has 0 heterocycles. The van der Waals surface area contributed by atoms with Gasteiger partial charge in [0.25, 0.3) is 0 Å². The highest BCUT2D eigenvalue weighted by Gasteiger charge is 2.23. The summed E-state index contributed by atoms with van der Waals surface area (Å²) in [6.45, 7) is 6.95. The lowest BCUT2D eigenvalue weighted by atomic mass is 10.1. The van der Waals surface area contributed by atoms with Crippen LogP contribution in [0, 0.1) is 11.8 Å². The largest absolute Gasteiger partial charge is 0.394 e. The highest BCUT2D eigenvalue weighted by Crippen LogP contribution is 2.14. The van der Waals surface area contributed by atoms with Crippen molar-refractivity contribution >= 4 is 6.29 Å². The molecule has 0 aromatic heterocycles. The zero-order chi connectivity index (χ0) is 34.0. The Morgan fingerprint density at radius 1 is 0.500 bits per heavy atom. The summed E-state index contributed by atoms with van der Waals surface area (Å²) in [6.07, 6.45) is 0.575. The number of aliphatic hydroxyl groups excluding tert-OH is 8. The first-order valence-electron chi connectivity index (χ1n) is 15.9. The lowest BCUT2D eigenvalue weighted by Gasteiger charge is -2.32. The van der Waals surface area contributed by atoms with Gasteiger partial charge in [-0.2, -0.15) is 0 Å². The van der Waals surface area contributed by atoms with Crippen LogP contribution in [0.3, 0.4) is 0 Å². The minimum absolute atomic E-state index is 0.114. The van der Waals surface area contributed by atoms with Crippen molar-refractivity contribution in [2.24, 2.45) is 11.8 Å². The molecule has 0 bridgehead atoms. The van der Waals surface area contributed by atoms with E-state index >= 15 is 0 Å². The molecule has 0 aliphatic carbocycles. The maximum absolute atomic E-state index is 10.7. The molecule has 8 N–H and O–H groups in total. The van der Waals surface area contributed by atoms with Gasteiger partial charge in [0, 0.05) is 31.3 Å². The third-order valence-electron chi connectivity index (χ3n) is 6.23. The van der Waals surface area contributed by atoms with E-state index in [1.54, 1.807) is 0 Å². The maximum Gasteiger partial charge on any atom is 0.119 e. The Hall–Kier alpha value is -0.850. The number of hydrogen-bond acceptors (Lipinski definition) is 14. The minimum atomic E-state index is -0.775. The molecule has 44 heavy (non-hydrogen) atoms. The molecule has 14 heteroatoms. The second kappa shape index (κ2) is 36.6. The maximum atomic E-state index is 10.7. The third-order valence-corrected chi connectivity index (χ3v) is 6.23. The van der Waals surface area contributed by atoms with Crippen LogP contribution >= 0.6 is 0 Å². The molecule has 0 rings (SSSR count). The van der Waals surface area contributed by atoms with Crippen LogP contribution in [0.4, 0.5) is 0 Å². The van der Waals surface area contributed by atoms with Crippen molar-refractivity contribution in [1.29, 1.82) is 0 Å². The monoisotopic (exact) mass is 647 g/mol. The van der Waals surface area contributed by atoms with Gasteiger partial charge >= 0.3 is 0 Å². The topological polar surface area (TPSA) is 219 Å². The van der Waals surface area contributed by atoms with Crippen molar-refractivity contribution in [1.82, 2.24) is 4.90 Å². The number of aldehydes is 1. The molecule has 0 atom stereocenters. The Morgan fingerprint density at radius 2 is 0.795 bits per heavy atom. The molecular weight excluding hydrogens is 582 g/mol. The van der Waals surface area contributed by atoms with Crippen LogP contribution < -0.4 is 0 Å². The average Bonchev–Trinajstić information content (AvgIpc) is 3.07. The van der Waals surface area contributed by atoms with E-state index in [4.69, 9.17) is 18.9 Å². The van der Waals surface area contributed by atoms with Crippen LogP contribution in [0.2, 0.25) is 0 Å². The van der Waals surface area contributed by atoms with Crippen LogP contribution in [-0.2, 0) is 23.7 Å². The first-order chi connectivity index (χ1) is 21.4. The summed E-state index contributed by atoms with van der Waals surface area (Å²) in [5, 5.41) is 75.1. The molecule has 14 nitrogen and oxygen atoms in total. The van der Waals surface area contributed by atoms with Gasteiger partial charge < -0.3 is 69.5 Å². The van der Waals surface area contributed by atoms with E-state index < -0.39 is 24.4 Å². The first kappa shape index (κ1) is 47.6. The van der Waals surface area contributed by atoms with E-state index in [1.807, 2.05) is 27.7 Å². The van der Waals surface area contributed by atoms with Crippen LogP contribution in [0.25, 0.3) is 0 Å². The summed E-state index contributed by atoms with van der Waals surface area (Å²) < 4.78 is 22.6. The summed E-state index contributed by atoms with van der Waals surface area (Å²) in [5.74, 6) is -0.576. The number of aliphatic hydroxyl groups is 8. The highest BCUT2D eigenvalue weighted by molar-refractivity contribution is 5.48. The minimum Gasteiger partial charge on any atom is -0.394 e. The molecule has 0 aliphatic rings. The Balaban J connectivity index is -0.00000402. The second-order valence-corrected chi connectivity index (χ2v) is 9.79. The van der Waals surface area contributed by atoms with Gasteiger partial charge in [0.2, 0.25) is 0 Å². The predicted octanol–water partition coefficient (Wildman–Crippen LogP) is -1.19. The van der Waals surface area contributed by atoms with E-state index in [0.717, 1.165) is 25.5 Å². The molecule has 0 aromatic rings. The van der Waals surface area contributed by atoms with E-state index in [-0.39, 0.29) is 91.1 Å². The van der Waals surface area contributed by atoms with Crippen molar-refractivity contribution in [3.63, 3.8) is 0 Å². The zero-order valence-corrected chi connectivity index (χ0v) is 27.5. The van der Waals surface area contributed by atoms with Crippen molar-refractivity contribution in [3.8, 4) is 0 Å². The molecule has 0 radical (unpaired) electrons. The highest BCUT2D eigenvalue weighted by atomic mass is 16.5. The molecule has 268 valence electrons. The summed E-state index contributed by atoms with van der Waals surface area (Å²) in [6, 6.07) is 0. The average molecular weight is 648 g/mol. The van der Waals surface area contributed by atoms with Crippen molar-refractivity contribution in [2.45, 2.75) is 77.8 Å². The smallest absolute Gasteiger partial charge is 0.119 e. The van der Waals surface area contributed by atoms with E-state index in [1.165, 1.54) is 0 Å². The van der Waals surface area contributed by atoms with Crippen LogP contribution in [0.1, 0.15) is 53.4 Å². The summed E-state index contributed by atoms with van der Waals surface area (Å²) in [4.78, 5) is 12.8. The van der Waals surface area contributed by atoms with Crippen molar-refractivity contribution < 1.29 is 64.6 Å². The number of nitrogens with zero attached hydrogens (tertiary/aromatic N) is 1. The third kappa shape index (κ3) is 26.4. The quantitative estimate of drug-likeness (QED) is 0.0340. The van der Waals surface area contributed by atoms with Gasteiger partial charge in [-0.05, 0) is 19.4 Å². The number of carbonyl (C=O) groups is 1. The summed E-state index contributed by atoms with van der Waals surface area (Å²) in [5.41, 5.74) is 0. The van der Waals surface area contributed by atoms with Crippen LogP contribution in [0.15, 0.2) is 0 Å². The van der Waals surface area contributed by atoms with Gasteiger partial charge in [-0.3, -0.25) is 0 Å². The van der Waals surface area contributed by atoms with Gasteiger partial charge in [0.05, 0.1) is 79.3 Å². The second-order valence-electron chi connectivity index (χ2n) is 9.79. The molecule has 0 spiro atoms. The van der Waals surface area contributed by atoms with E-state index in [0.29, 0.717) is 26.1 Å². The molecule has 0 fully saturated rings. The Kier molecular flexibility index (Phi) is 39.6. The molecule has 0 unspecified atom stereocenters. The van der Waals surface area contributed by atoms with Gasteiger partial charge in [-0.15, -0.1) is 0 Å². The van der Waals surface area contributed by atoms with E-state index in [2.05, 4.69) is 4.90 Å². The molecule has 0 aromatic carbocycles. The first-order valence-corrected chi connectivity index (χ1v) is 15.9. The number of unbranched alkanes of at least 4 members (excludes halogenated alkanes) is 3. The fraction of sp³-hybridized carbons (Fsp3) is 0.967. The van der Waals surface area contributed by atoms with Gasteiger partial charge in [-0.1, -0.05) is 34.1 Å². The normalized spacial score (nSPS) is 11.6. The van der Waals surface area contributed by atoms with Gasteiger partial charge in [0.15, 0.2) is 0 Å². The van der Waals surface area contributed by atoms with E-state index in [9.17, 15) is 45.6 Å².